The highest BCUT2D eigenvalue weighted by atomic mass is 32.2. The zero-order valence-corrected chi connectivity index (χ0v) is 7.29. The lowest BCUT2D eigenvalue weighted by molar-refractivity contribution is 0.686. The standard InChI is InChI=1S/C9H14S/c1-10(2)9-6-7-3-4-8(9)5-7/h6-8H,1,3-5H2,2H3. The summed E-state index contributed by atoms with van der Waals surface area (Å²) < 4.78 is 0. The van der Waals surface area contributed by atoms with E-state index in [4.69, 9.17) is 0 Å². The summed E-state index contributed by atoms with van der Waals surface area (Å²) in [5, 5.41) is 0. The van der Waals surface area contributed by atoms with Crippen LogP contribution in [-0.4, -0.2) is 12.1 Å². The van der Waals surface area contributed by atoms with E-state index in [2.05, 4.69) is 18.2 Å². The van der Waals surface area contributed by atoms with Gasteiger partial charge in [-0.05, 0) is 42.3 Å². The molecule has 0 radical (unpaired) electrons. The van der Waals surface area contributed by atoms with Crippen LogP contribution in [0, 0.1) is 11.8 Å². The van der Waals surface area contributed by atoms with Crippen LogP contribution >= 0.6 is 10.5 Å². The molecule has 3 unspecified atom stereocenters. The van der Waals surface area contributed by atoms with Crippen LogP contribution in [-0.2, 0) is 0 Å². The summed E-state index contributed by atoms with van der Waals surface area (Å²) in [6, 6.07) is 0. The van der Waals surface area contributed by atoms with E-state index in [1.54, 1.807) is 4.91 Å². The summed E-state index contributed by atoms with van der Waals surface area (Å²) in [7, 11) is 0.321. The SMILES string of the molecule is C=S(C)C1=CC2CCC1C2. The molecule has 1 saturated carbocycles. The average Bonchev–Trinajstić information content (AvgIpc) is 2.44. The number of hydrogen-bond acceptors (Lipinski definition) is 0. The van der Waals surface area contributed by atoms with E-state index < -0.39 is 0 Å². The summed E-state index contributed by atoms with van der Waals surface area (Å²) in [6.45, 7) is 0. The highest BCUT2D eigenvalue weighted by Crippen LogP contribution is 2.48. The van der Waals surface area contributed by atoms with Gasteiger partial charge in [0.05, 0.1) is 0 Å². The smallest absolute Gasteiger partial charge is 0.0104 e. The molecule has 0 heterocycles. The van der Waals surface area contributed by atoms with Gasteiger partial charge in [0.2, 0.25) is 0 Å². The van der Waals surface area contributed by atoms with E-state index in [0.29, 0.717) is 10.5 Å². The van der Waals surface area contributed by atoms with Gasteiger partial charge in [-0.15, -0.1) is 0 Å². The summed E-state index contributed by atoms with van der Waals surface area (Å²) in [5.74, 6) is 5.98. The van der Waals surface area contributed by atoms with Crippen LogP contribution in [0.15, 0.2) is 11.0 Å². The van der Waals surface area contributed by atoms with Gasteiger partial charge in [-0.1, -0.05) is 11.9 Å². The summed E-state index contributed by atoms with van der Waals surface area (Å²) >= 11 is 0. The summed E-state index contributed by atoms with van der Waals surface area (Å²) in [4.78, 5) is 1.68. The summed E-state index contributed by atoms with van der Waals surface area (Å²) in [6.07, 6.45) is 9.08. The molecule has 0 aliphatic heterocycles. The molecule has 0 nitrogen and oxygen atoms in total. The van der Waals surface area contributed by atoms with Crippen molar-refractivity contribution in [2.75, 3.05) is 6.26 Å². The Morgan fingerprint density at radius 2 is 2.40 bits per heavy atom. The Morgan fingerprint density at radius 3 is 2.70 bits per heavy atom. The van der Waals surface area contributed by atoms with E-state index in [1.807, 2.05) is 0 Å². The van der Waals surface area contributed by atoms with Crippen LogP contribution in [0.4, 0.5) is 0 Å². The first kappa shape index (κ1) is 6.66. The Kier molecular flexibility index (Phi) is 1.48. The number of hydrogen-bond donors (Lipinski definition) is 0. The molecule has 3 atom stereocenters. The predicted octanol–water partition coefficient (Wildman–Crippen LogP) is 2.63. The highest BCUT2D eigenvalue weighted by Gasteiger charge is 2.32. The minimum Gasteiger partial charge on any atom is -0.169 e. The van der Waals surface area contributed by atoms with Gasteiger partial charge in [0.15, 0.2) is 0 Å². The zero-order chi connectivity index (χ0) is 7.14. The Bertz CT molecular complexity index is 203. The van der Waals surface area contributed by atoms with Gasteiger partial charge >= 0.3 is 0 Å². The first-order valence-corrected chi connectivity index (χ1v) is 5.75. The maximum absolute atomic E-state index is 4.10. The highest BCUT2D eigenvalue weighted by molar-refractivity contribution is 8.16. The summed E-state index contributed by atoms with van der Waals surface area (Å²) in [5.41, 5.74) is 0. The van der Waals surface area contributed by atoms with Crippen molar-refractivity contribution in [2.45, 2.75) is 19.3 Å². The van der Waals surface area contributed by atoms with Gasteiger partial charge in [-0.2, -0.15) is 10.5 Å². The van der Waals surface area contributed by atoms with Gasteiger partial charge < -0.3 is 0 Å². The fourth-order valence-corrected chi connectivity index (χ4v) is 3.40. The van der Waals surface area contributed by atoms with E-state index in [1.165, 1.54) is 19.3 Å². The Hall–Kier alpha value is -0.0400. The second-order valence-electron chi connectivity index (χ2n) is 3.48. The molecule has 2 aliphatic rings. The van der Waals surface area contributed by atoms with Crippen molar-refractivity contribution < 1.29 is 0 Å². The maximum Gasteiger partial charge on any atom is -0.0104 e. The lowest BCUT2D eigenvalue weighted by Gasteiger charge is -2.12. The Morgan fingerprint density at radius 1 is 1.60 bits per heavy atom. The number of fused-ring (bicyclic) bond motifs is 2. The van der Waals surface area contributed by atoms with Crippen LogP contribution < -0.4 is 0 Å². The Labute approximate surface area is 65.3 Å². The topological polar surface area (TPSA) is 0 Å². The molecule has 0 aromatic rings. The normalized spacial score (nSPS) is 39.9. The molecule has 0 N–H and O–H groups in total. The third-order valence-electron chi connectivity index (χ3n) is 2.68. The third kappa shape index (κ3) is 0.878. The molecule has 0 aromatic heterocycles. The van der Waals surface area contributed by atoms with Crippen LogP contribution in [0.5, 0.6) is 0 Å². The molecule has 2 bridgehead atoms. The van der Waals surface area contributed by atoms with E-state index in [-0.39, 0.29) is 0 Å². The van der Waals surface area contributed by atoms with Crippen molar-refractivity contribution in [3.05, 3.63) is 11.0 Å². The maximum atomic E-state index is 4.10. The quantitative estimate of drug-likeness (QED) is 0.509. The fraction of sp³-hybridized carbons (Fsp3) is 0.667. The minimum absolute atomic E-state index is 0.321. The molecule has 0 amide bonds. The minimum atomic E-state index is 0.321. The van der Waals surface area contributed by atoms with Crippen molar-refractivity contribution in [1.29, 1.82) is 0 Å². The van der Waals surface area contributed by atoms with Crippen molar-refractivity contribution in [3.8, 4) is 0 Å². The van der Waals surface area contributed by atoms with E-state index in [9.17, 15) is 0 Å². The Balaban J connectivity index is 2.25. The van der Waals surface area contributed by atoms with Crippen LogP contribution in [0.1, 0.15) is 19.3 Å². The molecular weight excluding hydrogens is 140 g/mol. The van der Waals surface area contributed by atoms with Gasteiger partial charge in [-0.3, -0.25) is 0 Å². The van der Waals surface area contributed by atoms with Gasteiger partial charge in [0, 0.05) is 0 Å². The van der Waals surface area contributed by atoms with E-state index in [0.717, 1.165) is 11.8 Å². The molecule has 10 heavy (non-hydrogen) atoms. The predicted molar refractivity (Wildman–Crippen MR) is 49.6 cm³/mol. The van der Waals surface area contributed by atoms with Crippen LogP contribution in [0.2, 0.25) is 0 Å². The van der Waals surface area contributed by atoms with Crippen molar-refractivity contribution in [2.24, 2.45) is 11.8 Å². The van der Waals surface area contributed by atoms with E-state index >= 15 is 0 Å². The number of allylic oxidation sites excluding steroid dienone is 2. The van der Waals surface area contributed by atoms with Crippen molar-refractivity contribution >= 4 is 16.4 Å². The largest absolute Gasteiger partial charge is 0.169 e. The lowest BCUT2D eigenvalue weighted by atomic mass is 10.1. The molecule has 2 rings (SSSR count). The van der Waals surface area contributed by atoms with Crippen molar-refractivity contribution in [3.63, 3.8) is 0 Å². The molecule has 56 valence electrons. The zero-order valence-electron chi connectivity index (χ0n) is 6.47. The molecule has 1 heteroatoms. The third-order valence-corrected chi connectivity index (χ3v) is 3.95. The molecule has 0 saturated heterocycles. The van der Waals surface area contributed by atoms with Gasteiger partial charge in [-0.25, -0.2) is 0 Å². The first-order valence-electron chi connectivity index (χ1n) is 3.94. The first-order chi connectivity index (χ1) is 4.77. The second-order valence-corrected chi connectivity index (χ2v) is 5.22. The molecular formula is C9H14S. The van der Waals surface area contributed by atoms with Gasteiger partial charge in [0.25, 0.3) is 0 Å². The molecule has 2 aliphatic carbocycles. The average molecular weight is 154 g/mol. The van der Waals surface area contributed by atoms with Crippen LogP contribution in [0.25, 0.3) is 0 Å². The molecule has 0 aromatic carbocycles. The van der Waals surface area contributed by atoms with Crippen LogP contribution in [0.3, 0.4) is 0 Å². The monoisotopic (exact) mass is 154 g/mol. The second kappa shape index (κ2) is 2.23. The van der Waals surface area contributed by atoms with Gasteiger partial charge in [0.1, 0.15) is 0 Å². The molecule has 1 fully saturated rings. The fourth-order valence-electron chi connectivity index (χ4n) is 2.20. The van der Waals surface area contributed by atoms with Crippen molar-refractivity contribution in [1.82, 2.24) is 0 Å². The molecule has 0 spiro atoms. The lowest BCUT2D eigenvalue weighted by Crippen LogP contribution is -1.93. The number of rotatable bonds is 1.